The van der Waals surface area contributed by atoms with Gasteiger partial charge in [-0.2, -0.15) is 0 Å². The Hall–Kier alpha value is -3.70. The number of imidazole rings is 1. The second kappa shape index (κ2) is 12.5. The minimum Gasteiger partial charge on any atom is -0.342 e. The number of rotatable bonds is 8. The molecule has 1 unspecified atom stereocenters. The summed E-state index contributed by atoms with van der Waals surface area (Å²) in [5, 5.41) is 0. The van der Waals surface area contributed by atoms with Crippen molar-refractivity contribution in [3.8, 4) is 0 Å². The van der Waals surface area contributed by atoms with Crippen LogP contribution in [0.2, 0.25) is 0 Å². The second-order valence-electron chi connectivity index (χ2n) is 12.9. The maximum absolute atomic E-state index is 13.3. The Kier molecular flexibility index (Phi) is 8.16. The molecule has 4 aromatic rings. The fraction of sp³-hybridized carbons (Fsp3) is 0.421. The number of benzene rings is 3. The maximum Gasteiger partial charge on any atom is 0.226 e. The van der Waals surface area contributed by atoms with Crippen molar-refractivity contribution in [1.29, 1.82) is 0 Å². The molecule has 0 aliphatic carbocycles. The normalized spacial score (nSPS) is 22.6. The highest BCUT2D eigenvalue weighted by atomic mass is 16.2. The van der Waals surface area contributed by atoms with Crippen molar-refractivity contribution in [3.63, 3.8) is 0 Å². The van der Waals surface area contributed by atoms with E-state index in [1.54, 1.807) is 0 Å². The van der Waals surface area contributed by atoms with Gasteiger partial charge in [-0.3, -0.25) is 9.69 Å². The number of hydrogen-bond acceptors (Lipinski definition) is 3. The van der Waals surface area contributed by atoms with E-state index >= 15 is 0 Å². The zero-order valence-electron chi connectivity index (χ0n) is 25.4. The average Bonchev–Trinajstić information content (AvgIpc) is 3.51. The van der Waals surface area contributed by atoms with Crippen molar-refractivity contribution in [1.82, 2.24) is 19.4 Å². The Bertz CT molecular complexity index is 1510. The molecule has 3 aromatic carbocycles. The number of para-hydroxylation sites is 2. The standard InChI is InChI=1S/C38H44N4O/c1-28-39-36-14-8-9-15-37(36)42(28)34-26-32-16-17-33(27-34)41(32)25-22-29-20-23-40(24-21-29)38(43)19-18-35(30-10-4-2-5-11-30)31-12-6-3-7-13-31/h2-15,18,29,32-34H,16-17,19-27H2,1H3/t32-,33+,34?. The third-order valence-electron chi connectivity index (χ3n) is 10.4. The van der Waals surface area contributed by atoms with Gasteiger partial charge in [-0.15, -0.1) is 0 Å². The minimum atomic E-state index is 0.255. The van der Waals surface area contributed by atoms with Crippen LogP contribution in [-0.2, 0) is 4.79 Å². The van der Waals surface area contributed by atoms with Crippen LogP contribution < -0.4 is 0 Å². The summed E-state index contributed by atoms with van der Waals surface area (Å²) in [7, 11) is 0. The third kappa shape index (κ3) is 5.92. The minimum absolute atomic E-state index is 0.255. The van der Waals surface area contributed by atoms with Gasteiger partial charge in [0.1, 0.15) is 5.82 Å². The topological polar surface area (TPSA) is 41.4 Å². The van der Waals surface area contributed by atoms with Gasteiger partial charge in [-0.1, -0.05) is 78.9 Å². The lowest BCUT2D eigenvalue weighted by Gasteiger charge is -2.41. The van der Waals surface area contributed by atoms with Crippen LogP contribution in [0, 0.1) is 12.8 Å². The van der Waals surface area contributed by atoms with E-state index in [-0.39, 0.29) is 5.91 Å². The highest BCUT2D eigenvalue weighted by molar-refractivity contribution is 5.85. The molecule has 0 spiro atoms. The van der Waals surface area contributed by atoms with Gasteiger partial charge in [-0.25, -0.2) is 4.98 Å². The molecule has 3 aliphatic rings. The fourth-order valence-electron chi connectivity index (χ4n) is 8.21. The van der Waals surface area contributed by atoms with Gasteiger partial charge in [0, 0.05) is 37.6 Å². The van der Waals surface area contributed by atoms with Crippen molar-refractivity contribution >= 4 is 22.5 Å². The van der Waals surface area contributed by atoms with Gasteiger partial charge < -0.3 is 9.47 Å². The molecule has 3 fully saturated rings. The zero-order chi connectivity index (χ0) is 29.2. The van der Waals surface area contributed by atoms with Crippen molar-refractivity contribution in [3.05, 3.63) is 108 Å². The Balaban J connectivity index is 0.916. The van der Waals surface area contributed by atoms with E-state index in [2.05, 4.69) is 100 Å². The molecule has 0 N–H and O–H groups in total. The monoisotopic (exact) mass is 572 g/mol. The summed E-state index contributed by atoms with van der Waals surface area (Å²) < 4.78 is 2.53. The molecule has 7 rings (SSSR count). The molecule has 1 aromatic heterocycles. The van der Waals surface area contributed by atoms with Gasteiger partial charge in [0.15, 0.2) is 0 Å². The van der Waals surface area contributed by atoms with E-state index in [1.807, 2.05) is 12.1 Å². The van der Waals surface area contributed by atoms with E-state index in [1.165, 1.54) is 44.2 Å². The summed E-state index contributed by atoms with van der Waals surface area (Å²) in [6, 6.07) is 31.4. The first-order chi connectivity index (χ1) is 21.1. The first-order valence-corrected chi connectivity index (χ1v) is 16.4. The van der Waals surface area contributed by atoms with Gasteiger partial charge in [0.2, 0.25) is 5.91 Å². The summed E-state index contributed by atoms with van der Waals surface area (Å²) in [6.07, 6.45) is 11.3. The number of aromatic nitrogens is 2. The smallest absolute Gasteiger partial charge is 0.226 e. The van der Waals surface area contributed by atoms with E-state index in [0.29, 0.717) is 24.5 Å². The molecule has 5 nitrogen and oxygen atoms in total. The highest BCUT2D eigenvalue weighted by Crippen LogP contribution is 2.42. The zero-order valence-corrected chi connectivity index (χ0v) is 25.4. The molecule has 4 heterocycles. The van der Waals surface area contributed by atoms with Crippen molar-refractivity contribution in [2.45, 2.75) is 76.4 Å². The van der Waals surface area contributed by atoms with E-state index in [9.17, 15) is 4.79 Å². The van der Waals surface area contributed by atoms with Gasteiger partial charge in [-0.05, 0) is 93.2 Å². The summed E-state index contributed by atoms with van der Waals surface area (Å²) in [6.45, 7) is 5.17. The fourth-order valence-corrected chi connectivity index (χ4v) is 8.21. The van der Waals surface area contributed by atoms with Crippen LogP contribution in [0.3, 0.4) is 0 Å². The van der Waals surface area contributed by atoms with Crippen LogP contribution >= 0.6 is 0 Å². The lowest BCUT2D eigenvalue weighted by atomic mass is 9.91. The largest absolute Gasteiger partial charge is 0.342 e. The summed E-state index contributed by atoms with van der Waals surface area (Å²) in [5.41, 5.74) is 5.88. The third-order valence-corrected chi connectivity index (χ3v) is 10.4. The molecule has 3 aliphatic heterocycles. The van der Waals surface area contributed by atoms with Gasteiger partial charge >= 0.3 is 0 Å². The highest BCUT2D eigenvalue weighted by Gasteiger charge is 2.41. The molecule has 3 atom stereocenters. The Morgan fingerprint density at radius 1 is 0.791 bits per heavy atom. The molecule has 1 amide bonds. The van der Waals surface area contributed by atoms with Crippen LogP contribution in [0.1, 0.15) is 74.4 Å². The van der Waals surface area contributed by atoms with Gasteiger partial charge in [0.05, 0.1) is 11.0 Å². The van der Waals surface area contributed by atoms with E-state index < -0.39 is 0 Å². The van der Waals surface area contributed by atoms with Crippen LogP contribution in [0.25, 0.3) is 16.6 Å². The number of nitrogens with zero attached hydrogens (tertiary/aromatic N) is 4. The number of fused-ring (bicyclic) bond motifs is 3. The van der Waals surface area contributed by atoms with Crippen molar-refractivity contribution < 1.29 is 4.79 Å². The number of piperidine rings is 2. The Morgan fingerprint density at radius 2 is 1.40 bits per heavy atom. The first-order valence-electron chi connectivity index (χ1n) is 16.4. The maximum atomic E-state index is 13.3. The molecule has 43 heavy (non-hydrogen) atoms. The molecule has 0 radical (unpaired) electrons. The van der Waals surface area contributed by atoms with Crippen LogP contribution in [0.15, 0.2) is 91.0 Å². The lowest BCUT2D eigenvalue weighted by Crippen LogP contribution is -2.45. The summed E-state index contributed by atoms with van der Waals surface area (Å²) in [4.78, 5) is 23.1. The predicted octanol–water partition coefficient (Wildman–Crippen LogP) is 7.66. The number of likely N-dealkylation sites (tertiary alicyclic amines) is 1. The number of carbonyl (C=O) groups excluding carboxylic acids is 1. The van der Waals surface area contributed by atoms with Gasteiger partial charge in [0.25, 0.3) is 0 Å². The average molecular weight is 573 g/mol. The summed E-state index contributed by atoms with van der Waals surface area (Å²) >= 11 is 0. The molecule has 222 valence electrons. The molecule has 0 saturated carbocycles. The number of hydrogen-bond donors (Lipinski definition) is 0. The van der Waals surface area contributed by atoms with Crippen molar-refractivity contribution in [2.75, 3.05) is 19.6 Å². The van der Waals surface area contributed by atoms with Crippen LogP contribution in [0.5, 0.6) is 0 Å². The quantitative estimate of drug-likeness (QED) is 0.218. The number of amides is 1. The molecular formula is C38H44N4O. The van der Waals surface area contributed by atoms with E-state index in [0.717, 1.165) is 59.9 Å². The Labute approximate surface area is 256 Å². The van der Waals surface area contributed by atoms with Crippen LogP contribution in [-0.4, -0.2) is 57.0 Å². The van der Waals surface area contributed by atoms with E-state index in [4.69, 9.17) is 4.98 Å². The van der Waals surface area contributed by atoms with Crippen LogP contribution in [0.4, 0.5) is 0 Å². The molecule has 3 saturated heterocycles. The lowest BCUT2D eigenvalue weighted by molar-refractivity contribution is -0.131. The molecule has 5 heteroatoms. The molecular weight excluding hydrogens is 528 g/mol. The SMILES string of the molecule is Cc1nc2ccccc2n1C1C[C@H]2CC[C@@H](C1)N2CCC1CCN(C(=O)CC=C(c2ccccc2)c2ccccc2)CC1. The number of aryl methyl sites for hydroxylation is 1. The summed E-state index contributed by atoms with van der Waals surface area (Å²) in [5.74, 6) is 2.14. The predicted molar refractivity (Wildman–Crippen MR) is 175 cm³/mol. The number of carbonyl (C=O) groups is 1. The second-order valence-corrected chi connectivity index (χ2v) is 12.9. The first kappa shape index (κ1) is 28.1. The Morgan fingerprint density at radius 3 is 2.05 bits per heavy atom. The molecule has 2 bridgehead atoms. The van der Waals surface area contributed by atoms with Crippen molar-refractivity contribution in [2.24, 2.45) is 5.92 Å².